The molecule has 0 aliphatic carbocycles. The van der Waals surface area contributed by atoms with E-state index in [2.05, 4.69) is 46.5 Å². The van der Waals surface area contributed by atoms with Crippen molar-refractivity contribution >= 4 is 0.0314 Å². The first kappa shape index (κ1) is 6.71. The van der Waals surface area contributed by atoms with Gasteiger partial charge in [0, 0.05) is 0 Å². The van der Waals surface area contributed by atoms with Crippen molar-refractivity contribution in [2.75, 3.05) is 0 Å². The van der Waals surface area contributed by atoms with Crippen LogP contribution in [-0.2, 0) is 0 Å². The summed E-state index contributed by atoms with van der Waals surface area (Å²) < 4.78 is 1.14. The summed E-state index contributed by atoms with van der Waals surface area (Å²) in [6.45, 7) is 0. The molecule has 0 saturated heterocycles. The maximum absolute atomic E-state index is 8.75. The average molecular weight is 225 g/mol. The normalized spacial score (nSPS) is 9.25. The summed E-state index contributed by atoms with van der Waals surface area (Å²) in [6, 6.07) is 7.05. The summed E-state index contributed by atoms with van der Waals surface area (Å²) in [5.74, 6) is 0.324. The number of phenolic OH excluding ortho intramolecular Hbond substituents is 1. The number of phenols is 1. The van der Waals surface area contributed by atoms with Crippen molar-refractivity contribution in [3.63, 3.8) is 0 Å². The average Bonchev–Trinajstić information content (AvgIpc) is 1.77. The molecular weight excluding hydrogens is 219 g/mol. The van der Waals surface area contributed by atoms with Crippen LogP contribution in [0.4, 0.5) is 0 Å². The minimum atomic E-state index is 0.324. The molecule has 1 N–H and O–H groups in total. The first-order valence-corrected chi connectivity index (χ1v) is 3.31. The quantitative estimate of drug-likeness (QED) is 0.673. The molecular formula is C6H6OXe. The third-order valence-corrected chi connectivity index (χ3v) is 1.55. The van der Waals surface area contributed by atoms with Gasteiger partial charge in [-0.1, -0.05) is 0 Å². The van der Waals surface area contributed by atoms with Crippen molar-refractivity contribution in [3.8, 4) is 5.75 Å². The van der Waals surface area contributed by atoms with Gasteiger partial charge in [0.25, 0.3) is 0 Å². The molecule has 0 bridgehead atoms. The van der Waals surface area contributed by atoms with Gasteiger partial charge in [0.1, 0.15) is 0 Å². The molecule has 0 radical (unpaired) electrons. The third-order valence-electron chi connectivity index (χ3n) is 0.827. The Labute approximate surface area is 80.4 Å². The Morgan fingerprint density at radius 1 is 1.12 bits per heavy atom. The van der Waals surface area contributed by atoms with E-state index in [0.717, 1.165) is 0.0314 Å². The van der Waals surface area contributed by atoms with Gasteiger partial charge in [-0.15, -0.1) is 0 Å². The molecule has 0 amide bonds. The van der Waals surface area contributed by atoms with Gasteiger partial charge in [-0.05, 0) is 0 Å². The summed E-state index contributed by atoms with van der Waals surface area (Å²) in [7, 11) is 0. The first-order valence-electron chi connectivity index (χ1n) is 2.23. The van der Waals surface area contributed by atoms with Crippen molar-refractivity contribution in [1.82, 2.24) is 0 Å². The summed E-state index contributed by atoms with van der Waals surface area (Å²) in [4.78, 5) is 0. The molecule has 8 heavy (non-hydrogen) atoms. The molecule has 1 aromatic rings. The molecule has 0 spiro atoms. The molecule has 1 nitrogen and oxygen atoms in total. The van der Waals surface area contributed by atoms with Crippen LogP contribution in [0, 0.1) is 46.5 Å². The third kappa shape index (κ3) is 1.84. The molecule has 2 heteroatoms. The van der Waals surface area contributed by atoms with Crippen LogP contribution in [0.2, 0.25) is 0 Å². The Morgan fingerprint density at radius 3 is 2.00 bits per heavy atom. The minimum absolute atomic E-state index is 0.324. The van der Waals surface area contributed by atoms with E-state index in [0.29, 0.717) is 5.75 Å². The fourth-order valence-corrected chi connectivity index (χ4v) is 0.801. The maximum atomic E-state index is 8.75. The second-order valence-corrected chi connectivity index (χ2v) is 2.72. The summed E-state index contributed by atoms with van der Waals surface area (Å²) in [5.41, 5.74) is 0. The van der Waals surface area contributed by atoms with Crippen LogP contribution >= 0.6 is 0 Å². The van der Waals surface area contributed by atoms with Crippen molar-refractivity contribution in [3.05, 3.63) is 24.3 Å². The Hall–Kier alpha value is 0.591. The molecule has 0 unspecified atom stereocenters. The summed E-state index contributed by atoms with van der Waals surface area (Å²) in [6.07, 6.45) is 0. The fourth-order valence-electron chi connectivity index (χ4n) is 0.441. The Morgan fingerprint density at radius 2 is 1.62 bits per heavy atom. The van der Waals surface area contributed by atoms with E-state index in [1.165, 1.54) is 0 Å². The molecule has 1 rings (SSSR count). The Kier molecular flexibility index (Phi) is 2.47. The van der Waals surface area contributed by atoms with Gasteiger partial charge in [-0.25, -0.2) is 0 Å². The van der Waals surface area contributed by atoms with Crippen LogP contribution < -0.4 is 0.0314 Å². The predicted molar refractivity (Wildman–Crippen MR) is 29.1 cm³/mol. The molecule has 0 aliphatic heterocycles. The van der Waals surface area contributed by atoms with E-state index >= 15 is 0 Å². The van der Waals surface area contributed by atoms with E-state index in [-0.39, 0.29) is 0 Å². The predicted octanol–water partition coefficient (Wildman–Crippen LogP) is 0.299. The molecule has 0 aromatic heterocycles. The number of benzene rings is 1. The van der Waals surface area contributed by atoms with Gasteiger partial charge < -0.3 is 0 Å². The van der Waals surface area contributed by atoms with Crippen LogP contribution in [0.15, 0.2) is 24.3 Å². The molecule has 44 valence electrons. The van der Waals surface area contributed by atoms with Gasteiger partial charge in [0.2, 0.25) is 0 Å². The zero-order valence-electron chi connectivity index (χ0n) is 4.13. The summed E-state index contributed by atoms with van der Waals surface area (Å²) >= 11 is 2.19. The molecule has 1 aromatic carbocycles. The van der Waals surface area contributed by atoms with Crippen LogP contribution in [0.1, 0.15) is 0 Å². The van der Waals surface area contributed by atoms with E-state index in [1.807, 2.05) is 12.1 Å². The van der Waals surface area contributed by atoms with Gasteiger partial charge in [0.15, 0.2) is 0 Å². The van der Waals surface area contributed by atoms with Crippen LogP contribution in [0.25, 0.3) is 0 Å². The first-order chi connectivity index (χ1) is 3.79. The van der Waals surface area contributed by atoms with Gasteiger partial charge >= 0.3 is 81.7 Å². The van der Waals surface area contributed by atoms with Gasteiger partial charge in [-0.2, -0.15) is 0 Å². The van der Waals surface area contributed by atoms with Crippen LogP contribution in [0.3, 0.4) is 0 Å². The second-order valence-electron chi connectivity index (χ2n) is 1.48. The van der Waals surface area contributed by atoms with E-state index in [4.69, 9.17) is 5.11 Å². The number of hydrogen-bond donors (Lipinski definition) is 1. The van der Waals surface area contributed by atoms with Crippen molar-refractivity contribution in [1.29, 1.82) is 0 Å². The molecule has 0 fully saturated rings. The van der Waals surface area contributed by atoms with Crippen molar-refractivity contribution in [2.24, 2.45) is 0 Å². The second kappa shape index (κ2) is 2.94. The Balaban J connectivity index is 3.03. The topological polar surface area (TPSA) is 20.2 Å². The number of rotatable bonds is 0. The fraction of sp³-hybridized carbons (Fsp3) is 0. The SMILES string of the molecule is Oc1ccc([XeH])cc1. The zero-order chi connectivity index (χ0) is 5.98. The zero-order valence-corrected chi connectivity index (χ0v) is 6.29. The van der Waals surface area contributed by atoms with Crippen molar-refractivity contribution < 1.29 is 51.6 Å². The van der Waals surface area contributed by atoms with Gasteiger partial charge in [0.05, 0.1) is 0 Å². The van der Waals surface area contributed by atoms with E-state index in [1.54, 1.807) is 12.1 Å². The number of hydrogen-bond acceptors (Lipinski definition) is 1. The van der Waals surface area contributed by atoms with Crippen molar-refractivity contribution in [2.45, 2.75) is 0 Å². The monoisotopic (exact) mass is 226 g/mol. The number of aromatic hydroxyl groups is 1. The molecule has 0 saturated carbocycles. The Bertz CT molecular complexity index is 147. The summed E-state index contributed by atoms with van der Waals surface area (Å²) in [5, 5.41) is 8.75. The molecule has 0 heterocycles. The van der Waals surface area contributed by atoms with Crippen LogP contribution in [-0.4, -0.2) is 5.11 Å². The van der Waals surface area contributed by atoms with Gasteiger partial charge in [-0.3, -0.25) is 0 Å². The van der Waals surface area contributed by atoms with Crippen LogP contribution in [0.5, 0.6) is 5.75 Å². The van der Waals surface area contributed by atoms with E-state index < -0.39 is 0 Å². The standard InChI is InChI=1S/C6H6OXe/c7-5-1-3-6(8)4-2-5/h1-4,7-8H. The van der Waals surface area contributed by atoms with E-state index in [9.17, 15) is 0 Å². The molecule has 0 atom stereocenters. The molecule has 0 aliphatic rings.